The van der Waals surface area contributed by atoms with Crippen molar-refractivity contribution in [2.75, 3.05) is 17.2 Å². The quantitative estimate of drug-likeness (QED) is 0.0287. The first-order valence-corrected chi connectivity index (χ1v) is 19.4. The van der Waals surface area contributed by atoms with Crippen LogP contribution in [0.5, 0.6) is 5.75 Å². The number of esters is 1. The molecule has 3 aromatic carbocycles. The lowest BCUT2D eigenvalue weighted by atomic mass is 10.1. The van der Waals surface area contributed by atoms with Crippen LogP contribution in [0.3, 0.4) is 0 Å². The second-order valence-electron chi connectivity index (χ2n) is 12.8. The Hall–Kier alpha value is -7.74. The third-order valence-corrected chi connectivity index (χ3v) is 9.62. The Balaban J connectivity index is 1.25. The van der Waals surface area contributed by atoms with Gasteiger partial charge in [0.15, 0.2) is 16.9 Å². The number of nitrogens with one attached hydrogen (secondary N) is 4. The minimum atomic E-state index is -4.81. The summed E-state index contributed by atoms with van der Waals surface area (Å²) in [6, 6.07) is 13.2. The molecule has 0 saturated heterocycles. The highest BCUT2D eigenvalue weighted by Crippen LogP contribution is 2.48. The molecule has 0 aliphatic heterocycles. The number of alkyl halides is 3. The van der Waals surface area contributed by atoms with Crippen molar-refractivity contribution in [3.05, 3.63) is 111 Å². The van der Waals surface area contributed by atoms with E-state index in [4.69, 9.17) is 27.2 Å². The van der Waals surface area contributed by atoms with Crippen molar-refractivity contribution in [1.29, 1.82) is 0 Å². The van der Waals surface area contributed by atoms with Crippen LogP contribution in [0.15, 0.2) is 77.7 Å². The second-order valence-corrected chi connectivity index (χ2v) is 14.3. The highest BCUT2D eigenvalue weighted by atomic mass is 31.2. The predicted molar refractivity (Wildman–Crippen MR) is 214 cm³/mol. The lowest BCUT2D eigenvalue weighted by Crippen LogP contribution is -2.40. The van der Waals surface area contributed by atoms with Crippen LogP contribution >= 0.6 is 7.82 Å². The van der Waals surface area contributed by atoms with Crippen molar-refractivity contribution in [2.45, 2.75) is 44.9 Å². The normalized spacial score (nSPS) is 11.6. The molecule has 1 amide bonds. The molecule has 320 valence electrons. The van der Waals surface area contributed by atoms with E-state index in [1.54, 1.807) is 24.3 Å². The maximum Gasteiger partial charge on any atom is 0.604 e. The van der Waals surface area contributed by atoms with Crippen LogP contribution in [0.4, 0.5) is 30.5 Å². The monoisotopic (exact) mass is 875 g/mol. The molecule has 0 spiro atoms. The van der Waals surface area contributed by atoms with Crippen molar-refractivity contribution >= 4 is 59.9 Å². The van der Waals surface area contributed by atoms with Crippen LogP contribution < -0.4 is 26.2 Å². The Kier molecular flexibility index (Phi) is 14.6. The summed E-state index contributed by atoms with van der Waals surface area (Å²) in [7, 11) is -4.18. The number of phosphoric ester groups is 1. The summed E-state index contributed by atoms with van der Waals surface area (Å²) in [4.78, 5) is 76.8. The van der Waals surface area contributed by atoms with Gasteiger partial charge in [0.25, 0.3) is 5.91 Å². The van der Waals surface area contributed by atoms with Crippen LogP contribution in [0.2, 0.25) is 0 Å². The van der Waals surface area contributed by atoms with Crippen molar-refractivity contribution in [1.82, 2.24) is 25.3 Å². The van der Waals surface area contributed by atoms with E-state index in [0.29, 0.717) is 23.4 Å². The number of carbonyl (C=O) groups excluding carboxylic acids is 3. The van der Waals surface area contributed by atoms with E-state index in [9.17, 15) is 41.7 Å². The van der Waals surface area contributed by atoms with Crippen molar-refractivity contribution in [2.24, 2.45) is 0 Å². The van der Waals surface area contributed by atoms with Gasteiger partial charge in [0, 0.05) is 17.7 Å². The van der Waals surface area contributed by atoms with Crippen LogP contribution in [0, 0.1) is 25.1 Å². The summed E-state index contributed by atoms with van der Waals surface area (Å²) in [5.74, 6) is -3.48. The fourth-order valence-electron chi connectivity index (χ4n) is 5.42. The molecule has 0 aliphatic rings. The molecule has 0 radical (unpaired) electrons. The fourth-order valence-corrected chi connectivity index (χ4v) is 6.13. The van der Waals surface area contributed by atoms with Gasteiger partial charge in [0.2, 0.25) is 5.95 Å². The van der Waals surface area contributed by atoms with Crippen LogP contribution in [-0.2, 0) is 46.9 Å². The number of benzene rings is 3. The van der Waals surface area contributed by atoms with E-state index < -0.39 is 54.7 Å². The van der Waals surface area contributed by atoms with Gasteiger partial charge >= 0.3 is 31.5 Å². The second kappa shape index (κ2) is 20.0. The summed E-state index contributed by atoms with van der Waals surface area (Å²) >= 11 is 0. The minimum absolute atomic E-state index is 0.00954. The zero-order valence-electron chi connectivity index (χ0n) is 32.1. The molecule has 0 bridgehead atoms. The maximum absolute atomic E-state index is 13.8. The molecule has 18 nitrogen and oxygen atoms in total. The molecule has 62 heavy (non-hydrogen) atoms. The molecule has 5 rings (SSSR count). The number of aromatic nitrogens is 4. The number of carboxylic acid groups (broad SMARTS) is 1. The number of hydrogen-bond donors (Lipinski definition) is 5. The van der Waals surface area contributed by atoms with Gasteiger partial charge in [0.1, 0.15) is 18.0 Å². The van der Waals surface area contributed by atoms with Crippen LogP contribution in [0.25, 0.3) is 11.2 Å². The number of nitrogens with zero attached hydrogens (tertiary/aromatic N) is 3. The third kappa shape index (κ3) is 12.4. The predicted octanol–water partition coefficient (Wildman–Crippen LogP) is 5.74. The largest absolute Gasteiger partial charge is 0.604 e. The first-order chi connectivity index (χ1) is 29.5. The molecule has 0 unspecified atom stereocenters. The Labute approximate surface area is 349 Å². The molecule has 22 heteroatoms. The molecule has 5 aromatic rings. The number of ketones is 1. The van der Waals surface area contributed by atoms with Crippen LogP contribution in [-0.4, -0.2) is 61.3 Å². The van der Waals surface area contributed by atoms with E-state index in [0.717, 1.165) is 6.07 Å². The van der Waals surface area contributed by atoms with Crippen molar-refractivity contribution in [3.63, 3.8) is 0 Å². The SMILES string of the molecule is C#COP(=O)(OC#C)OCCc1ccc(OC(=O)c2ccc(C(F)(F)F)cc2Nc2nc(=O)c3nc(CNc4ccc(C(=O)N[C@@H](CCC(=O)O)C(C)=O)cc4)cnc3[nH]2)cc1. The average Bonchev–Trinajstić information content (AvgIpc) is 3.22. The number of aromatic amines is 1. The Morgan fingerprint density at radius 3 is 2.31 bits per heavy atom. The number of phosphoric acid groups is 1. The number of terminal acetylenes is 2. The van der Waals surface area contributed by atoms with Gasteiger partial charge in [-0.1, -0.05) is 25.0 Å². The molecular formula is C40H33F3N7O11P. The van der Waals surface area contributed by atoms with Crippen molar-refractivity contribution in [3.8, 4) is 30.8 Å². The average molecular weight is 876 g/mol. The lowest BCUT2D eigenvalue weighted by Gasteiger charge is -2.15. The first-order valence-electron chi connectivity index (χ1n) is 17.9. The molecular weight excluding hydrogens is 842 g/mol. The highest BCUT2D eigenvalue weighted by molar-refractivity contribution is 7.48. The van der Waals surface area contributed by atoms with E-state index in [-0.39, 0.29) is 77.9 Å². The molecule has 2 heterocycles. The maximum atomic E-state index is 13.8. The molecule has 0 aliphatic carbocycles. The summed E-state index contributed by atoms with van der Waals surface area (Å²) in [6.07, 6.45) is 9.61. The smallest absolute Gasteiger partial charge is 0.481 e. The number of carboxylic acids is 1. The number of aliphatic carboxylic acids is 1. The number of H-pyrrole nitrogens is 1. The summed E-state index contributed by atoms with van der Waals surface area (Å²) in [5.41, 5.74) is -1.45. The zero-order valence-corrected chi connectivity index (χ0v) is 33.0. The van der Waals surface area contributed by atoms with Gasteiger partial charge in [-0.05, 0) is 79.9 Å². The number of carbonyl (C=O) groups is 4. The van der Waals surface area contributed by atoms with Gasteiger partial charge in [-0.25, -0.2) is 19.3 Å². The van der Waals surface area contributed by atoms with Gasteiger partial charge < -0.3 is 39.8 Å². The van der Waals surface area contributed by atoms with Crippen LogP contribution in [0.1, 0.15) is 57.3 Å². The Bertz CT molecular complexity index is 2660. The van der Waals surface area contributed by atoms with Gasteiger partial charge in [-0.15, -0.1) is 0 Å². The standard InChI is InChI=1S/C40H33F3N7O11P/c1-4-58-62(57,59-5-2)60-19-18-24-6-13-29(14-7-24)61-38(56)30-15-10-26(40(41,42)43)20-32(30)48-39-49-35-34(37(55)50-39)46-28(22-45-35)21-44-27-11-8-25(9-12-27)36(54)47-31(23(3)51)16-17-33(52)53/h1-2,6-15,20,22,31,44H,16-19,21H2,3H3,(H,47,54)(H,52,53)(H2,45,48,49,50,55)/t31-/m0/s1. The highest BCUT2D eigenvalue weighted by Gasteiger charge is 2.32. The summed E-state index contributed by atoms with van der Waals surface area (Å²) in [5, 5.41) is 17.0. The number of hydrogen-bond acceptors (Lipinski definition) is 15. The number of halogens is 3. The molecule has 0 saturated carbocycles. The van der Waals surface area contributed by atoms with Gasteiger partial charge in [-0.2, -0.15) is 18.2 Å². The number of ether oxygens (including phenoxy) is 1. The minimum Gasteiger partial charge on any atom is -0.481 e. The van der Waals surface area contributed by atoms with E-state index >= 15 is 0 Å². The number of rotatable bonds is 19. The zero-order chi connectivity index (χ0) is 45.0. The van der Waals surface area contributed by atoms with Crippen molar-refractivity contribution < 1.29 is 60.3 Å². The Morgan fingerprint density at radius 2 is 1.68 bits per heavy atom. The Morgan fingerprint density at radius 1 is 0.984 bits per heavy atom. The summed E-state index contributed by atoms with van der Waals surface area (Å²) < 4.78 is 72.9. The van der Waals surface area contributed by atoms with Gasteiger partial charge in [0.05, 0.1) is 47.9 Å². The van der Waals surface area contributed by atoms with E-state index in [2.05, 4.69) is 44.9 Å². The lowest BCUT2D eigenvalue weighted by molar-refractivity contribution is -0.138. The molecule has 0 fully saturated rings. The number of amides is 1. The van der Waals surface area contributed by atoms with Gasteiger partial charge in [-0.3, -0.25) is 23.7 Å². The van der Waals surface area contributed by atoms with E-state index in [1.165, 1.54) is 49.5 Å². The molecule has 5 N–H and O–H groups in total. The number of anilines is 3. The molecule has 2 aromatic heterocycles. The van der Waals surface area contributed by atoms with E-state index in [1.807, 2.05) is 0 Å². The third-order valence-electron chi connectivity index (χ3n) is 8.46. The fraction of sp³-hybridized carbons (Fsp3) is 0.200. The molecule has 1 atom stereocenters. The topological polar surface area (TPSA) is 250 Å². The first kappa shape index (κ1) is 45.3. The number of Topliss-reactive ketones (excluding diaryl/α,β-unsaturated/α-hetero) is 1. The summed E-state index contributed by atoms with van der Waals surface area (Å²) in [6.45, 7) is 1.11. The number of fused-ring (bicyclic) bond motifs is 1.